The summed E-state index contributed by atoms with van der Waals surface area (Å²) in [6, 6.07) is 17.1. The Morgan fingerprint density at radius 2 is 1.12 bits per heavy atom. The highest BCUT2D eigenvalue weighted by molar-refractivity contribution is 9.10. The third-order valence-electron chi connectivity index (χ3n) is 4.46. The Morgan fingerprint density at radius 3 is 1.48 bits per heavy atom. The van der Waals surface area contributed by atoms with E-state index in [2.05, 4.69) is 120 Å². The molecule has 0 aliphatic rings. The molecule has 0 N–H and O–H groups in total. The molecule has 0 saturated carbocycles. The molecule has 25 heavy (non-hydrogen) atoms. The van der Waals surface area contributed by atoms with Gasteiger partial charge in [0.05, 0.1) is 0 Å². The van der Waals surface area contributed by atoms with Crippen LogP contribution in [0, 0.1) is 5.41 Å². The van der Waals surface area contributed by atoms with Gasteiger partial charge in [-0.15, -0.1) is 0 Å². The van der Waals surface area contributed by atoms with E-state index in [9.17, 15) is 0 Å². The zero-order chi connectivity index (χ0) is 18.7. The fourth-order valence-corrected chi connectivity index (χ4v) is 4.38. The molecule has 0 saturated heterocycles. The number of rotatable bonds is 6. The fourth-order valence-electron chi connectivity index (χ4n) is 3.56. The van der Waals surface area contributed by atoms with Crippen LogP contribution in [-0.2, 0) is 13.1 Å². The van der Waals surface area contributed by atoms with Gasteiger partial charge >= 0.3 is 0 Å². The van der Waals surface area contributed by atoms with Crippen molar-refractivity contribution in [3.05, 3.63) is 68.6 Å². The lowest BCUT2D eigenvalue weighted by Gasteiger charge is -2.43. The Balaban J connectivity index is 2.34. The molecule has 0 bridgehead atoms. The second kappa shape index (κ2) is 8.37. The van der Waals surface area contributed by atoms with Gasteiger partial charge < -0.3 is 0 Å². The molecular weight excluding hydrogens is 438 g/mol. The summed E-state index contributed by atoms with van der Waals surface area (Å²) in [4.78, 5) is 2.60. The average molecular weight is 467 g/mol. The van der Waals surface area contributed by atoms with Crippen LogP contribution in [0.3, 0.4) is 0 Å². The average Bonchev–Trinajstić information content (AvgIpc) is 2.48. The first kappa shape index (κ1) is 20.7. The Bertz CT molecular complexity index is 654. The Kier molecular flexibility index (Phi) is 6.92. The maximum Gasteiger partial charge on any atom is 0.0253 e. The molecule has 0 spiro atoms. The summed E-state index contributed by atoms with van der Waals surface area (Å²) in [7, 11) is 0. The maximum absolute atomic E-state index is 3.72. The molecule has 0 atom stereocenters. The Labute approximate surface area is 170 Å². The van der Waals surface area contributed by atoms with E-state index in [4.69, 9.17) is 0 Å². The fraction of sp³-hybridized carbons (Fsp3) is 0.455. The zero-order valence-corrected chi connectivity index (χ0v) is 19.1. The van der Waals surface area contributed by atoms with E-state index in [-0.39, 0.29) is 11.0 Å². The van der Waals surface area contributed by atoms with Gasteiger partial charge in [-0.05, 0) is 48.9 Å². The highest BCUT2D eigenvalue weighted by Gasteiger charge is 2.32. The lowest BCUT2D eigenvalue weighted by atomic mass is 9.80. The van der Waals surface area contributed by atoms with Crippen LogP contribution in [-0.4, -0.2) is 10.4 Å². The summed E-state index contributed by atoms with van der Waals surface area (Å²) in [5.74, 6) is 0. The summed E-state index contributed by atoms with van der Waals surface area (Å²) < 4.78 is 2.36. The van der Waals surface area contributed by atoms with Crippen molar-refractivity contribution in [1.29, 1.82) is 0 Å². The SMILES string of the molecule is CC(C)(C)CC(C)(C)N(Cc1ccccc1Br)Cc1ccccc1Br. The summed E-state index contributed by atoms with van der Waals surface area (Å²) in [5, 5.41) is 0. The molecule has 136 valence electrons. The van der Waals surface area contributed by atoms with Gasteiger partial charge in [-0.1, -0.05) is 89.0 Å². The Hall–Kier alpha value is -0.640. The molecule has 2 rings (SSSR count). The van der Waals surface area contributed by atoms with Gasteiger partial charge in [0.15, 0.2) is 0 Å². The molecule has 0 amide bonds. The lowest BCUT2D eigenvalue weighted by Crippen LogP contribution is -2.45. The second-order valence-electron chi connectivity index (χ2n) is 8.59. The van der Waals surface area contributed by atoms with Crippen molar-refractivity contribution in [3.8, 4) is 0 Å². The number of halogens is 2. The molecule has 0 aliphatic heterocycles. The topological polar surface area (TPSA) is 3.24 Å². The van der Waals surface area contributed by atoms with Gasteiger partial charge in [-0.3, -0.25) is 4.90 Å². The first-order valence-electron chi connectivity index (χ1n) is 8.80. The molecule has 0 heterocycles. The first-order chi connectivity index (χ1) is 11.6. The predicted molar refractivity (Wildman–Crippen MR) is 116 cm³/mol. The largest absolute Gasteiger partial charge is 0.290 e. The highest BCUT2D eigenvalue weighted by Crippen LogP contribution is 2.35. The smallest absolute Gasteiger partial charge is 0.0253 e. The Morgan fingerprint density at radius 1 is 0.720 bits per heavy atom. The van der Waals surface area contributed by atoms with E-state index in [0.29, 0.717) is 0 Å². The van der Waals surface area contributed by atoms with Crippen LogP contribution in [0.4, 0.5) is 0 Å². The summed E-state index contributed by atoms with van der Waals surface area (Å²) in [5.41, 5.74) is 3.03. The first-order valence-corrected chi connectivity index (χ1v) is 10.4. The van der Waals surface area contributed by atoms with Gasteiger partial charge in [0.25, 0.3) is 0 Å². The monoisotopic (exact) mass is 465 g/mol. The molecule has 2 aromatic rings. The summed E-state index contributed by atoms with van der Waals surface area (Å²) in [6.07, 6.45) is 1.13. The third-order valence-corrected chi connectivity index (χ3v) is 6.00. The number of hydrogen-bond acceptors (Lipinski definition) is 1. The van der Waals surface area contributed by atoms with Gasteiger partial charge in [-0.2, -0.15) is 0 Å². The van der Waals surface area contributed by atoms with Crippen LogP contribution in [0.1, 0.15) is 52.2 Å². The molecule has 2 aromatic carbocycles. The van der Waals surface area contributed by atoms with Crippen LogP contribution < -0.4 is 0 Å². The molecule has 0 fully saturated rings. The van der Waals surface area contributed by atoms with Gasteiger partial charge in [0, 0.05) is 27.6 Å². The van der Waals surface area contributed by atoms with Gasteiger partial charge in [0.1, 0.15) is 0 Å². The molecular formula is C22H29Br2N. The quantitative estimate of drug-likeness (QED) is 0.427. The minimum atomic E-state index is 0.0861. The summed E-state index contributed by atoms with van der Waals surface area (Å²) >= 11 is 7.43. The zero-order valence-electron chi connectivity index (χ0n) is 15.9. The number of nitrogens with zero attached hydrogens (tertiary/aromatic N) is 1. The molecule has 0 unspecified atom stereocenters. The lowest BCUT2D eigenvalue weighted by molar-refractivity contribution is 0.0617. The van der Waals surface area contributed by atoms with Crippen LogP contribution in [0.5, 0.6) is 0 Å². The van der Waals surface area contributed by atoms with Gasteiger partial charge in [-0.25, -0.2) is 0 Å². The summed E-state index contributed by atoms with van der Waals surface area (Å²) in [6.45, 7) is 13.5. The van der Waals surface area contributed by atoms with Crippen molar-refractivity contribution in [3.63, 3.8) is 0 Å². The maximum atomic E-state index is 3.72. The van der Waals surface area contributed by atoms with E-state index in [1.54, 1.807) is 0 Å². The second-order valence-corrected chi connectivity index (χ2v) is 10.3. The van der Waals surface area contributed by atoms with E-state index in [1.165, 1.54) is 20.1 Å². The van der Waals surface area contributed by atoms with Crippen molar-refractivity contribution in [2.24, 2.45) is 5.41 Å². The van der Waals surface area contributed by atoms with Crippen molar-refractivity contribution < 1.29 is 0 Å². The van der Waals surface area contributed by atoms with E-state index >= 15 is 0 Å². The van der Waals surface area contributed by atoms with Crippen molar-refractivity contribution in [2.45, 2.75) is 59.7 Å². The van der Waals surface area contributed by atoms with Gasteiger partial charge in [0.2, 0.25) is 0 Å². The molecule has 1 nitrogen and oxygen atoms in total. The third kappa shape index (κ3) is 6.23. The standard InChI is InChI=1S/C22H29Br2N/c1-21(2,3)16-22(4,5)25(14-17-10-6-8-12-19(17)23)15-18-11-7-9-13-20(18)24/h6-13H,14-16H2,1-5H3. The molecule has 3 heteroatoms. The van der Waals surface area contributed by atoms with E-state index in [0.717, 1.165) is 19.5 Å². The minimum Gasteiger partial charge on any atom is -0.290 e. The number of benzene rings is 2. The highest BCUT2D eigenvalue weighted by atomic mass is 79.9. The van der Waals surface area contributed by atoms with Crippen LogP contribution in [0.15, 0.2) is 57.5 Å². The van der Waals surface area contributed by atoms with Crippen molar-refractivity contribution >= 4 is 31.9 Å². The molecule has 0 radical (unpaired) electrons. The van der Waals surface area contributed by atoms with Crippen LogP contribution >= 0.6 is 31.9 Å². The van der Waals surface area contributed by atoms with E-state index in [1.807, 2.05) is 0 Å². The van der Waals surface area contributed by atoms with Crippen molar-refractivity contribution in [1.82, 2.24) is 4.90 Å². The molecule has 0 aliphatic carbocycles. The van der Waals surface area contributed by atoms with Crippen LogP contribution in [0.25, 0.3) is 0 Å². The van der Waals surface area contributed by atoms with Crippen molar-refractivity contribution in [2.75, 3.05) is 0 Å². The number of hydrogen-bond donors (Lipinski definition) is 0. The molecule has 0 aromatic heterocycles. The van der Waals surface area contributed by atoms with Crippen LogP contribution in [0.2, 0.25) is 0 Å². The normalized spacial score (nSPS) is 12.6. The minimum absolute atomic E-state index is 0.0861. The predicted octanol–water partition coefficient (Wildman–Crippen LogP) is 7.43. The van der Waals surface area contributed by atoms with E-state index < -0.39 is 0 Å².